The predicted octanol–water partition coefficient (Wildman–Crippen LogP) is 0.935. The fraction of sp³-hybridized carbons (Fsp3) is 0.773. The first-order valence-electron chi connectivity index (χ1n) is 11.3. The van der Waals surface area contributed by atoms with E-state index in [0.717, 1.165) is 45.2 Å². The van der Waals surface area contributed by atoms with Gasteiger partial charge in [0.15, 0.2) is 5.96 Å². The van der Waals surface area contributed by atoms with Crippen LogP contribution in [0.3, 0.4) is 0 Å². The summed E-state index contributed by atoms with van der Waals surface area (Å²) < 4.78 is 5.16. The summed E-state index contributed by atoms with van der Waals surface area (Å²) in [5.41, 5.74) is 0. The fourth-order valence-corrected chi connectivity index (χ4v) is 5.57. The van der Waals surface area contributed by atoms with Crippen LogP contribution >= 0.6 is 24.0 Å². The number of halogens is 1. The molecule has 2 N–H and O–H groups in total. The first-order chi connectivity index (χ1) is 14.6. The summed E-state index contributed by atoms with van der Waals surface area (Å²) in [6.45, 7) is 5.84. The van der Waals surface area contributed by atoms with Crippen molar-refractivity contribution in [3.05, 3.63) is 12.2 Å². The SMILES string of the molecule is CN=C(NCCN1C(=O)C2C3C=CC(C3)C2C1=O)NCC1CCN(CCOC)CC1.I. The highest BCUT2D eigenvalue weighted by atomic mass is 127. The normalized spacial score (nSPS) is 30.6. The van der Waals surface area contributed by atoms with Crippen LogP contribution in [0.25, 0.3) is 0 Å². The number of nitrogens with zero attached hydrogens (tertiary/aromatic N) is 3. The number of amides is 2. The van der Waals surface area contributed by atoms with E-state index in [-0.39, 0.29) is 59.5 Å². The summed E-state index contributed by atoms with van der Waals surface area (Å²) in [6, 6.07) is 0. The summed E-state index contributed by atoms with van der Waals surface area (Å²) >= 11 is 0. The molecule has 2 saturated heterocycles. The molecule has 4 aliphatic rings. The second-order valence-electron chi connectivity index (χ2n) is 8.99. The highest BCUT2D eigenvalue weighted by molar-refractivity contribution is 14.0. The van der Waals surface area contributed by atoms with Crippen molar-refractivity contribution in [3.63, 3.8) is 0 Å². The fourth-order valence-electron chi connectivity index (χ4n) is 5.57. The largest absolute Gasteiger partial charge is 0.383 e. The lowest BCUT2D eigenvalue weighted by Gasteiger charge is -2.32. The van der Waals surface area contributed by atoms with Crippen LogP contribution in [0, 0.1) is 29.6 Å². The number of fused-ring (bicyclic) bond motifs is 5. The molecule has 1 saturated carbocycles. The zero-order chi connectivity index (χ0) is 21.1. The predicted molar refractivity (Wildman–Crippen MR) is 130 cm³/mol. The van der Waals surface area contributed by atoms with Gasteiger partial charge in [-0.1, -0.05) is 12.2 Å². The molecule has 174 valence electrons. The second-order valence-corrected chi connectivity index (χ2v) is 8.99. The third kappa shape index (κ3) is 5.24. The van der Waals surface area contributed by atoms with Crippen molar-refractivity contribution in [1.82, 2.24) is 20.4 Å². The summed E-state index contributed by atoms with van der Waals surface area (Å²) in [7, 11) is 3.50. The molecule has 2 aliphatic heterocycles. The number of aliphatic imine (C=N–C) groups is 1. The van der Waals surface area contributed by atoms with Crippen LogP contribution in [0.2, 0.25) is 0 Å². The number of allylic oxidation sites excluding steroid dienone is 2. The van der Waals surface area contributed by atoms with Crippen molar-refractivity contribution in [1.29, 1.82) is 0 Å². The minimum absolute atomic E-state index is 0. The van der Waals surface area contributed by atoms with Gasteiger partial charge >= 0.3 is 0 Å². The number of ether oxygens (including phenoxy) is 1. The standard InChI is InChI=1S/C22H35N5O3.HI/c1-23-22(25-14-15-5-8-26(9-6-15)11-12-30-2)24-7-10-27-20(28)18-16-3-4-17(13-16)19(18)21(27)29;/h3-4,15-19H,5-14H2,1-2H3,(H2,23,24,25);1H. The molecule has 31 heavy (non-hydrogen) atoms. The summed E-state index contributed by atoms with van der Waals surface area (Å²) in [4.78, 5) is 33.7. The molecule has 9 heteroatoms. The number of carbonyl (C=O) groups excluding carboxylic acids is 2. The first kappa shape index (κ1) is 24.4. The van der Waals surface area contributed by atoms with Crippen LogP contribution in [-0.4, -0.2) is 87.6 Å². The molecule has 0 aromatic carbocycles. The number of methoxy groups -OCH3 is 1. The van der Waals surface area contributed by atoms with Crippen molar-refractivity contribution in [2.24, 2.45) is 34.6 Å². The molecule has 0 spiro atoms. The topological polar surface area (TPSA) is 86.3 Å². The van der Waals surface area contributed by atoms with Gasteiger partial charge in [-0.25, -0.2) is 0 Å². The number of carbonyl (C=O) groups is 2. The van der Waals surface area contributed by atoms with Crippen LogP contribution in [0.15, 0.2) is 17.1 Å². The zero-order valence-corrected chi connectivity index (χ0v) is 20.9. The molecule has 4 rings (SSSR count). The van der Waals surface area contributed by atoms with Gasteiger partial charge < -0.3 is 20.3 Å². The molecule has 0 aromatic rings. The first-order valence-corrected chi connectivity index (χ1v) is 11.3. The molecule has 2 bridgehead atoms. The molecule has 4 atom stereocenters. The van der Waals surface area contributed by atoms with Gasteiger partial charge in [0.05, 0.1) is 18.4 Å². The molecule has 0 aromatic heterocycles. The lowest BCUT2D eigenvalue weighted by molar-refractivity contribution is -0.140. The molecular weight excluding hydrogens is 509 g/mol. The zero-order valence-electron chi connectivity index (χ0n) is 18.6. The highest BCUT2D eigenvalue weighted by Crippen LogP contribution is 2.52. The van der Waals surface area contributed by atoms with E-state index < -0.39 is 0 Å². The molecule has 4 unspecified atom stereocenters. The molecule has 3 fully saturated rings. The number of imide groups is 1. The van der Waals surface area contributed by atoms with E-state index in [1.807, 2.05) is 0 Å². The Morgan fingerprint density at radius 1 is 1.10 bits per heavy atom. The molecule has 2 heterocycles. The van der Waals surface area contributed by atoms with Crippen molar-refractivity contribution >= 4 is 41.8 Å². The molecule has 2 aliphatic carbocycles. The smallest absolute Gasteiger partial charge is 0.233 e. The van der Waals surface area contributed by atoms with Gasteiger partial charge in [-0.05, 0) is 50.1 Å². The third-order valence-corrected chi connectivity index (χ3v) is 7.29. The van der Waals surface area contributed by atoms with Crippen LogP contribution in [0.4, 0.5) is 0 Å². The Hall–Kier alpha value is -1.20. The second kappa shape index (κ2) is 11.1. The Morgan fingerprint density at radius 3 is 2.32 bits per heavy atom. The summed E-state index contributed by atoms with van der Waals surface area (Å²) in [5.74, 6) is 1.72. The van der Waals surface area contributed by atoms with Gasteiger partial charge in [-0.2, -0.15) is 0 Å². The maximum atomic E-state index is 12.7. The number of nitrogens with one attached hydrogen (secondary N) is 2. The van der Waals surface area contributed by atoms with Crippen LogP contribution in [0.5, 0.6) is 0 Å². The van der Waals surface area contributed by atoms with Crippen molar-refractivity contribution in [2.75, 3.05) is 60.0 Å². The number of piperidine rings is 1. The van der Waals surface area contributed by atoms with Crippen LogP contribution < -0.4 is 10.6 Å². The van der Waals surface area contributed by atoms with Gasteiger partial charge in [-0.15, -0.1) is 24.0 Å². The van der Waals surface area contributed by atoms with Crippen LogP contribution in [-0.2, 0) is 14.3 Å². The Balaban J connectivity index is 0.00000272. The van der Waals surface area contributed by atoms with E-state index >= 15 is 0 Å². The average Bonchev–Trinajstić information content (AvgIpc) is 3.45. The van der Waals surface area contributed by atoms with E-state index in [4.69, 9.17) is 4.74 Å². The van der Waals surface area contributed by atoms with Crippen molar-refractivity contribution < 1.29 is 14.3 Å². The van der Waals surface area contributed by atoms with E-state index in [2.05, 4.69) is 32.7 Å². The number of hydrogen-bond donors (Lipinski definition) is 2. The van der Waals surface area contributed by atoms with Gasteiger partial charge in [0.2, 0.25) is 11.8 Å². The lowest BCUT2D eigenvalue weighted by Crippen LogP contribution is -2.46. The van der Waals surface area contributed by atoms with Gasteiger partial charge in [0.25, 0.3) is 0 Å². The Morgan fingerprint density at radius 2 is 1.74 bits per heavy atom. The average molecular weight is 545 g/mol. The summed E-state index contributed by atoms with van der Waals surface area (Å²) in [5, 5.41) is 6.67. The number of guanidine groups is 1. The van der Waals surface area contributed by atoms with Crippen molar-refractivity contribution in [3.8, 4) is 0 Å². The third-order valence-electron chi connectivity index (χ3n) is 7.29. The van der Waals surface area contributed by atoms with Gasteiger partial charge in [0.1, 0.15) is 0 Å². The Kier molecular flexibility index (Phi) is 8.74. The molecule has 2 amide bonds. The van der Waals surface area contributed by atoms with E-state index in [9.17, 15) is 9.59 Å². The summed E-state index contributed by atoms with van der Waals surface area (Å²) in [6.07, 6.45) is 7.58. The Bertz CT molecular complexity index is 677. The number of likely N-dealkylation sites (tertiary alicyclic amines) is 2. The van der Waals surface area contributed by atoms with E-state index in [1.54, 1.807) is 14.2 Å². The highest BCUT2D eigenvalue weighted by Gasteiger charge is 2.58. The van der Waals surface area contributed by atoms with Gasteiger partial charge in [-0.3, -0.25) is 19.5 Å². The van der Waals surface area contributed by atoms with Crippen LogP contribution in [0.1, 0.15) is 19.3 Å². The number of hydrogen-bond acceptors (Lipinski definition) is 5. The van der Waals surface area contributed by atoms with Crippen molar-refractivity contribution in [2.45, 2.75) is 19.3 Å². The quantitative estimate of drug-likeness (QED) is 0.155. The maximum Gasteiger partial charge on any atom is 0.233 e. The van der Waals surface area contributed by atoms with E-state index in [0.29, 0.717) is 19.0 Å². The molecule has 8 nitrogen and oxygen atoms in total. The maximum absolute atomic E-state index is 12.7. The Labute approximate surface area is 202 Å². The lowest BCUT2D eigenvalue weighted by atomic mass is 9.85. The minimum atomic E-state index is -0.111. The van der Waals surface area contributed by atoms with Gasteiger partial charge in [0, 0.05) is 40.3 Å². The monoisotopic (exact) mass is 545 g/mol. The van der Waals surface area contributed by atoms with E-state index in [1.165, 1.54) is 17.7 Å². The minimum Gasteiger partial charge on any atom is -0.383 e. The number of rotatable bonds is 8. The molecular formula is C22H36IN5O3. The molecule has 0 radical (unpaired) electrons.